The van der Waals surface area contributed by atoms with E-state index in [-0.39, 0.29) is 18.5 Å². The first kappa shape index (κ1) is 26.2. The number of aryl methyl sites for hydroxylation is 1. The summed E-state index contributed by atoms with van der Waals surface area (Å²) in [6.07, 6.45) is 6.94. The van der Waals surface area contributed by atoms with E-state index in [4.69, 9.17) is 9.84 Å². The zero-order chi connectivity index (χ0) is 27.5. The molecule has 1 aliphatic heterocycles. The number of piperidine rings is 1. The number of nitrogens with one attached hydrogen (secondary N) is 1. The van der Waals surface area contributed by atoms with Crippen LogP contribution in [-0.4, -0.2) is 81.0 Å². The molecule has 5 rings (SSSR count). The summed E-state index contributed by atoms with van der Waals surface area (Å²) in [7, 11) is 3.47. The number of fused-ring (bicyclic) bond motifs is 1. The molecular weight excluding hydrogens is 496 g/mol. The second-order valence-electron chi connectivity index (χ2n) is 9.83. The van der Waals surface area contributed by atoms with Crippen molar-refractivity contribution in [1.82, 2.24) is 24.2 Å². The number of likely N-dealkylation sites (tertiary alicyclic amines) is 1. The van der Waals surface area contributed by atoms with E-state index in [9.17, 15) is 9.59 Å². The van der Waals surface area contributed by atoms with Crippen LogP contribution >= 0.6 is 0 Å². The molecule has 2 N–H and O–H groups in total. The van der Waals surface area contributed by atoms with E-state index in [2.05, 4.69) is 15.3 Å². The molecular formula is C29H32N6O4. The number of hydrogen-bond donors (Lipinski definition) is 2. The smallest absolute Gasteiger partial charge is 0.317 e. The topological polar surface area (TPSA) is 112 Å². The molecule has 0 aliphatic carbocycles. The van der Waals surface area contributed by atoms with Crippen LogP contribution in [0, 0.1) is 6.92 Å². The van der Waals surface area contributed by atoms with Gasteiger partial charge in [0.05, 0.1) is 25.5 Å². The van der Waals surface area contributed by atoms with Crippen LogP contribution in [0.2, 0.25) is 0 Å². The fraction of sp³-hybridized carbons (Fsp3) is 0.310. The largest absolute Gasteiger partial charge is 0.497 e. The summed E-state index contributed by atoms with van der Waals surface area (Å²) in [5.74, 6) is 0.568. The normalized spacial score (nSPS) is 14.1. The molecule has 0 unspecified atom stereocenters. The van der Waals surface area contributed by atoms with Gasteiger partial charge >= 0.3 is 5.97 Å². The number of aliphatic carboxylic acids is 1. The maximum atomic E-state index is 13.3. The average Bonchev–Trinajstić information content (AvgIpc) is 3.38. The van der Waals surface area contributed by atoms with E-state index in [1.165, 1.54) is 0 Å². The van der Waals surface area contributed by atoms with Gasteiger partial charge in [0, 0.05) is 48.3 Å². The minimum atomic E-state index is -0.836. The predicted octanol–water partition coefficient (Wildman–Crippen LogP) is 4.08. The highest BCUT2D eigenvalue weighted by Gasteiger charge is 2.27. The highest BCUT2D eigenvalue weighted by atomic mass is 16.5. The minimum Gasteiger partial charge on any atom is -0.497 e. The molecule has 10 heteroatoms. The Labute approximate surface area is 226 Å². The Balaban J connectivity index is 1.29. The lowest BCUT2D eigenvalue weighted by Gasteiger charge is -2.36. The first-order valence-electron chi connectivity index (χ1n) is 12.9. The standard InChI is InChI=1S/C29H32N6O4/c1-19-16-21(6-9-24(19)29(38)34-13-10-22(11-14-34)33(2)18-26(36)37)32-27-28-31-17-25(35(28)15-12-30-27)20-4-7-23(39-3)8-5-20/h4-9,12,15-17,22H,10-11,13-14,18H2,1-3H3,(H,30,32)(H,36,37). The summed E-state index contributed by atoms with van der Waals surface area (Å²) in [5, 5.41) is 12.4. The van der Waals surface area contributed by atoms with Gasteiger partial charge in [-0.1, -0.05) is 0 Å². The number of carboxylic acid groups (broad SMARTS) is 1. The number of aromatic nitrogens is 3. The summed E-state index contributed by atoms with van der Waals surface area (Å²) in [4.78, 5) is 37.1. The van der Waals surface area contributed by atoms with E-state index in [1.54, 1.807) is 13.3 Å². The zero-order valence-electron chi connectivity index (χ0n) is 22.3. The number of nitrogens with zero attached hydrogens (tertiary/aromatic N) is 5. The van der Waals surface area contributed by atoms with Crippen LogP contribution in [0.3, 0.4) is 0 Å². The van der Waals surface area contributed by atoms with Crippen molar-refractivity contribution in [2.45, 2.75) is 25.8 Å². The van der Waals surface area contributed by atoms with Crippen LogP contribution < -0.4 is 10.1 Å². The Morgan fingerprint density at radius 3 is 2.54 bits per heavy atom. The molecule has 0 spiro atoms. The highest BCUT2D eigenvalue weighted by molar-refractivity contribution is 5.96. The lowest BCUT2D eigenvalue weighted by molar-refractivity contribution is -0.138. The second-order valence-corrected chi connectivity index (χ2v) is 9.83. The molecule has 10 nitrogen and oxygen atoms in total. The van der Waals surface area contributed by atoms with Crippen molar-refractivity contribution in [2.24, 2.45) is 0 Å². The third-order valence-electron chi connectivity index (χ3n) is 7.29. The van der Waals surface area contributed by atoms with Crippen molar-refractivity contribution in [2.75, 3.05) is 39.1 Å². The SMILES string of the molecule is COc1ccc(-c2cnc3c(Nc4ccc(C(=O)N5CCC(N(C)CC(=O)O)CC5)c(C)c4)nccn23)cc1. The maximum Gasteiger partial charge on any atom is 0.317 e. The quantitative estimate of drug-likeness (QED) is 0.352. The molecule has 1 amide bonds. The van der Waals surface area contributed by atoms with Crippen LogP contribution in [0.25, 0.3) is 16.9 Å². The number of anilines is 2. The molecule has 0 atom stereocenters. The molecule has 1 saturated heterocycles. The van der Waals surface area contributed by atoms with Gasteiger partial charge in [-0.05, 0) is 74.8 Å². The first-order chi connectivity index (χ1) is 18.8. The third kappa shape index (κ3) is 5.56. The second kappa shape index (κ2) is 11.1. The molecule has 2 aromatic carbocycles. The molecule has 3 heterocycles. The first-order valence-corrected chi connectivity index (χ1v) is 12.9. The number of carbonyl (C=O) groups excluding carboxylic acids is 1. The van der Waals surface area contributed by atoms with Crippen LogP contribution in [-0.2, 0) is 4.79 Å². The Kier molecular flexibility index (Phi) is 7.47. The van der Waals surface area contributed by atoms with Crippen molar-refractivity contribution in [3.05, 3.63) is 72.2 Å². The van der Waals surface area contributed by atoms with Gasteiger partial charge in [0.2, 0.25) is 0 Å². The monoisotopic (exact) mass is 528 g/mol. The number of carbonyl (C=O) groups is 2. The van der Waals surface area contributed by atoms with Gasteiger partial charge in [-0.15, -0.1) is 0 Å². The Bertz CT molecular complexity index is 1490. The van der Waals surface area contributed by atoms with Gasteiger partial charge in [-0.2, -0.15) is 0 Å². The van der Waals surface area contributed by atoms with Crippen LogP contribution in [0.4, 0.5) is 11.5 Å². The summed E-state index contributed by atoms with van der Waals surface area (Å²) < 4.78 is 7.25. The van der Waals surface area contributed by atoms with Crippen LogP contribution in [0.15, 0.2) is 61.1 Å². The van der Waals surface area contributed by atoms with Crippen molar-refractivity contribution in [1.29, 1.82) is 0 Å². The predicted molar refractivity (Wildman–Crippen MR) is 149 cm³/mol. The lowest BCUT2D eigenvalue weighted by Crippen LogP contribution is -2.46. The van der Waals surface area contributed by atoms with Gasteiger partial charge in [0.25, 0.3) is 5.91 Å². The summed E-state index contributed by atoms with van der Waals surface area (Å²) in [6.45, 7) is 3.15. The molecule has 0 radical (unpaired) electrons. The molecule has 0 bridgehead atoms. The number of amides is 1. The van der Waals surface area contributed by atoms with Crippen molar-refractivity contribution in [3.8, 4) is 17.0 Å². The number of imidazole rings is 1. The molecule has 1 aliphatic rings. The Morgan fingerprint density at radius 1 is 1.13 bits per heavy atom. The highest BCUT2D eigenvalue weighted by Crippen LogP contribution is 2.28. The Hall–Kier alpha value is -4.44. The number of likely N-dealkylation sites (N-methyl/N-ethyl adjacent to an activating group) is 1. The number of carboxylic acids is 1. The fourth-order valence-electron chi connectivity index (χ4n) is 5.12. The fourth-order valence-corrected chi connectivity index (χ4v) is 5.12. The zero-order valence-corrected chi connectivity index (χ0v) is 22.3. The van der Waals surface area contributed by atoms with Gasteiger partial charge in [0.15, 0.2) is 11.5 Å². The van der Waals surface area contributed by atoms with Crippen molar-refractivity contribution in [3.63, 3.8) is 0 Å². The molecule has 4 aromatic rings. The lowest BCUT2D eigenvalue weighted by atomic mass is 10.0. The van der Waals surface area contributed by atoms with Gasteiger partial charge in [0.1, 0.15) is 5.75 Å². The number of hydrogen-bond acceptors (Lipinski definition) is 7. The van der Waals surface area contributed by atoms with Crippen LogP contribution in [0.1, 0.15) is 28.8 Å². The van der Waals surface area contributed by atoms with Crippen molar-refractivity contribution >= 4 is 29.0 Å². The van der Waals surface area contributed by atoms with E-state index in [1.807, 2.05) is 83.0 Å². The number of ether oxygens (including phenoxy) is 1. The molecule has 2 aromatic heterocycles. The number of rotatable bonds is 8. The summed E-state index contributed by atoms with van der Waals surface area (Å²) >= 11 is 0. The van der Waals surface area contributed by atoms with Gasteiger partial charge in [-0.25, -0.2) is 9.97 Å². The minimum absolute atomic E-state index is 0.00370. The van der Waals surface area contributed by atoms with E-state index in [0.717, 1.165) is 41.1 Å². The van der Waals surface area contributed by atoms with E-state index in [0.29, 0.717) is 30.1 Å². The van der Waals surface area contributed by atoms with E-state index >= 15 is 0 Å². The van der Waals surface area contributed by atoms with Gasteiger partial charge in [-0.3, -0.25) is 18.9 Å². The Morgan fingerprint density at radius 2 is 1.87 bits per heavy atom. The molecule has 39 heavy (non-hydrogen) atoms. The average molecular weight is 529 g/mol. The summed E-state index contributed by atoms with van der Waals surface area (Å²) in [5.41, 5.74) is 4.98. The molecule has 202 valence electrons. The molecule has 1 fully saturated rings. The maximum absolute atomic E-state index is 13.3. The van der Waals surface area contributed by atoms with E-state index < -0.39 is 5.97 Å². The van der Waals surface area contributed by atoms with Crippen LogP contribution in [0.5, 0.6) is 5.75 Å². The third-order valence-corrected chi connectivity index (χ3v) is 7.29. The number of benzene rings is 2. The van der Waals surface area contributed by atoms with Crippen molar-refractivity contribution < 1.29 is 19.4 Å². The number of methoxy groups -OCH3 is 1. The van der Waals surface area contributed by atoms with Gasteiger partial charge < -0.3 is 20.1 Å². The molecule has 0 saturated carbocycles. The summed E-state index contributed by atoms with van der Waals surface area (Å²) in [6, 6.07) is 13.7.